The maximum absolute atomic E-state index is 14.1. The van der Waals surface area contributed by atoms with Gasteiger partial charge in [-0.25, -0.2) is 13.9 Å². The van der Waals surface area contributed by atoms with Crippen molar-refractivity contribution in [2.24, 2.45) is 0 Å². The Morgan fingerprint density at radius 2 is 2.21 bits per heavy atom. The monoisotopic (exact) mass is 381 g/mol. The smallest absolute Gasteiger partial charge is 0.256 e. The molecule has 2 aromatic heterocycles. The van der Waals surface area contributed by atoms with Crippen LogP contribution in [0.2, 0.25) is 0 Å². The maximum atomic E-state index is 14.1. The highest BCUT2D eigenvalue weighted by Gasteiger charge is 2.31. The second-order valence-corrected chi connectivity index (χ2v) is 7.28. The molecule has 2 atom stereocenters. The summed E-state index contributed by atoms with van der Waals surface area (Å²) >= 11 is 0. The average molecular weight is 381 g/mol. The molecule has 1 aromatic carbocycles. The summed E-state index contributed by atoms with van der Waals surface area (Å²) in [5.74, 6) is 0.850. The molecule has 1 fully saturated rings. The topological polar surface area (TPSA) is 71.8 Å². The molecule has 1 amide bonds. The summed E-state index contributed by atoms with van der Waals surface area (Å²) in [5, 5.41) is 7.10. The Kier molecular flexibility index (Phi) is 3.92. The summed E-state index contributed by atoms with van der Waals surface area (Å²) in [6.07, 6.45) is 4.90. The lowest BCUT2D eigenvalue weighted by Gasteiger charge is -2.28. The van der Waals surface area contributed by atoms with Crippen LogP contribution in [0.25, 0.3) is 5.65 Å². The van der Waals surface area contributed by atoms with Crippen LogP contribution >= 0.6 is 0 Å². The minimum Gasteiger partial charge on any atom is -0.489 e. The SMILES string of the molecule is C[C@@H]1CNC(=O)c2cnn3ccc(nc23)N2CCC[C@@H]2c2cc(F)ccc2O1. The average Bonchev–Trinajstić information content (AvgIpc) is 3.33. The Morgan fingerprint density at radius 3 is 3.11 bits per heavy atom. The molecule has 0 radical (unpaired) electrons. The third kappa shape index (κ3) is 2.76. The number of rotatable bonds is 0. The van der Waals surface area contributed by atoms with Crippen LogP contribution in [0.1, 0.15) is 41.7 Å². The van der Waals surface area contributed by atoms with Crippen molar-refractivity contribution in [2.75, 3.05) is 18.0 Å². The first-order valence-electron chi connectivity index (χ1n) is 9.45. The lowest BCUT2D eigenvalue weighted by molar-refractivity contribution is 0.0933. The van der Waals surface area contributed by atoms with Gasteiger partial charge in [-0.1, -0.05) is 0 Å². The first-order chi connectivity index (χ1) is 13.6. The zero-order valence-electron chi connectivity index (χ0n) is 15.4. The lowest BCUT2D eigenvalue weighted by atomic mass is 10.0. The van der Waals surface area contributed by atoms with Gasteiger partial charge in [0, 0.05) is 18.3 Å². The van der Waals surface area contributed by atoms with E-state index in [1.807, 2.05) is 13.0 Å². The van der Waals surface area contributed by atoms with E-state index in [0.29, 0.717) is 23.5 Å². The van der Waals surface area contributed by atoms with Crippen LogP contribution in [0.4, 0.5) is 10.2 Å². The Balaban J connectivity index is 1.69. The number of nitrogens with one attached hydrogen (secondary N) is 1. The van der Waals surface area contributed by atoms with Crippen molar-refractivity contribution in [3.05, 3.63) is 53.6 Å². The molecule has 28 heavy (non-hydrogen) atoms. The van der Waals surface area contributed by atoms with Crippen molar-refractivity contribution in [3.8, 4) is 5.75 Å². The number of anilines is 1. The van der Waals surface area contributed by atoms with Crippen LogP contribution in [-0.4, -0.2) is 39.7 Å². The van der Waals surface area contributed by atoms with Gasteiger partial charge in [0.15, 0.2) is 5.65 Å². The van der Waals surface area contributed by atoms with Gasteiger partial charge in [0.1, 0.15) is 29.1 Å². The van der Waals surface area contributed by atoms with Crippen molar-refractivity contribution in [1.82, 2.24) is 19.9 Å². The molecule has 4 heterocycles. The van der Waals surface area contributed by atoms with Gasteiger partial charge in [-0.15, -0.1) is 0 Å². The van der Waals surface area contributed by atoms with Crippen LogP contribution in [0, 0.1) is 5.82 Å². The maximum Gasteiger partial charge on any atom is 0.256 e. The number of hydrogen-bond acceptors (Lipinski definition) is 5. The van der Waals surface area contributed by atoms with Crippen molar-refractivity contribution in [1.29, 1.82) is 0 Å². The Labute approximate surface area is 161 Å². The minimum atomic E-state index is -0.291. The van der Waals surface area contributed by atoms with Crippen LogP contribution in [0.3, 0.4) is 0 Å². The summed E-state index contributed by atoms with van der Waals surface area (Å²) in [7, 11) is 0. The van der Waals surface area contributed by atoms with Crippen LogP contribution in [0.15, 0.2) is 36.7 Å². The van der Waals surface area contributed by atoms with E-state index in [1.54, 1.807) is 22.8 Å². The normalized spacial score (nSPS) is 21.9. The quantitative estimate of drug-likeness (QED) is 0.648. The molecule has 8 heteroatoms. The number of carbonyl (C=O) groups is 1. The second-order valence-electron chi connectivity index (χ2n) is 7.28. The van der Waals surface area contributed by atoms with Gasteiger partial charge >= 0.3 is 0 Å². The molecule has 3 aromatic rings. The summed E-state index contributed by atoms with van der Waals surface area (Å²) in [6, 6.07) is 6.46. The highest BCUT2D eigenvalue weighted by atomic mass is 19.1. The third-order valence-corrected chi connectivity index (χ3v) is 5.36. The fourth-order valence-corrected chi connectivity index (χ4v) is 4.02. The van der Waals surface area contributed by atoms with Crippen molar-refractivity contribution < 1.29 is 13.9 Å². The molecule has 2 aliphatic rings. The Hall–Kier alpha value is -3.16. The van der Waals surface area contributed by atoms with E-state index in [2.05, 4.69) is 15.3 Å². The van der Waals surface area contributed by atoms with Gasteiger partial charge < -0.3 is 15.0 Å². The molecule has 0 saturated carbocycles. The van der Waals surface area contributed by atoms with Gasteiger partial charge in [0.05, 0.1) is 18.8 Å². The van der Waals surface area contributed by atoms with E-state index >= 15 is 0 Å². The summed E-state index contributed by atoms with van der Waals surface area (Å²) < 4.78 is 21.8. The van der Waals surface area contributed by atoms with Gasteiger partial charge in [0.25, 0.3) is 5.91 Å². The number of ether oxygens (including phenoxy) is 1. The van der Waals surface area contributed by atoms with Crippen molar-refractivity contribution >= 4 is 17.4 Å². The van der Waals surface area contributed by atoms with Crippen molar-refractivity contribution in [3.63, 3.8) is 0 Å². The Morgan fingerprint density at radius 1 is 1.32 bits per heavy atom. The second kappa shape index (κ2) is 6.47. The highest BCUT2D eigenvalue weighted by Crippen LogP contribution is 2.40. The molecule has 7 nitrogen and oxygen atoms in total. The van der Waals surface area contributed by atoms with Crippen LogP contribution in [0.5, 0.6) is 5.75 Å². The van der Waals surface area contributed by atoms with Crippen LogP contribution < -0.4 is 15.0 Å². The van der Waals surface area contributed by atoms with Gasteiger partial charge in [-0.05, 0) is 44.0 Å². The molecule has 1 saturated heterocycles. The van der Waals surface area contributed by atoms with E-state index < -0.39 is 0 Å². The lowest BCUT2D eigenvalue weighted by Crippen LogP contribution is -2.33. The molecular weight excluding hydrogens is 361 g/mol. The van der Waals surface area contributed by atoms with E-state index in [-0.39, 0.29) is 23.9 Å². The van der Waals surface area contributed by atoms with Crippen LogP contribution in [-0.2, 0) is 0 Å². The number of aromatic nitrogens is 3. The Bertz CT molecular complexity index is 1070. The molecular formula is C20H20FN5O2. The molecule has 2 aliphatic heterocycles. The number of halogens is 1. The standard InChI is InChI=1S/C20H20FN5O2/c1-12-10-22-20(27)15-11-23-26-8-6-18(24-19(15)26)25-7-2-3-16(25)14-9-13(21)4-5-17(14)28-12/h4-6,8-9,11-12,16H,2-3,7,10H2,1H3,(H,22,27)/t12-,16-/m1/s1. The largest absolute Gasteiger partial charge is 0.489 e. The number of hydrogen-bond donors (Lipinski definition) is 1. The van der Waals surface area contributed by atoms with Gasteiger partial charge in [0.2, 0.25) is 0 Å². The van der Waals surface area contributed by atoms with E-state index in [4.69, 9.17) is 9.72 Å². The highest BCUT2D eigenvalue weighted by molar-refractivity contribution is 5.99. The predicted octanol–water partition coefficient (Wildman–Crippen LogP) is 2.72. The van der Waals surface area contributed by atoms with E-state index in [9.17, 15) is 9.18 Å². The number of fused-ring (bicyclic) bond motifs is 5. The summed E-state index contributed by atoms with van der Waals surface area (Å²) in [4.78, 5) is 19.5. The molecule has 0 unspecified atom stereocenters. The summed E-state index contributed by atoms with van der Waals surface area (Å²) in [6.45, 7) is 3.00. The fraction of sp³-hybridized carbons (Fsp3) is 0.350. The number of benzene rings is 1. The van der Waals surface area contributed by atoms with Gasteiger partial charge in [-0.3, -0.25) is 4.79 Å². The molecule has 144 valence electrons. The number of carbonyl (C=O) groups excluding carboxylic acids is 1. The van der Waals surface area contributed by atoms with E-state index in [0.717, 1.165) is 30.8 Å². The number of nitrogens with zero attached hydrogens (tertiary/aromatic N) is 4. The first-order valence-corrected chi connectivity index (χ1v) is 9.45. The molecule has 1 N–H and O–H groups in total. The molecule has 2 bridgehead atoms. The van der Waals surface area contributed by atoms with Crippen molar-refractivity contribution in [2.45, 2.75) is 31.9 Å². The zero-order valence-corrected chi connectivity index (χ0v) is 15.4. The van der Waals surface area contributed by atoms with Gasteiger partial charge in [-0.2, -0.15) is 5.10 Å². The predicted molar refractivity (Wildman–Crippen MR) is 101 cm³/mol. The zero-order chi connectivity index (χ0) is 19.3. The first kappa shape index (κ1) is 17.0. The molecule has 0 aliphatic carbocycles. The molecule has 0 spiro atoms. The minimum absolute atomic E-state index is 0.0383. The fourth-order valence-electron chi connectivity index (χ4n) is 4.02. The summed E-state index contributed by atoms with van der Waals surface area (Å²) in [5.41, 5.74) is 1.74. The van der Waals surface area contributed by atoms with E-state index in [1.165, 1.54) is 12.3 Å². The number of amides is 1. The third-order valence-electron chi connectivity index (χ3n) is 5.36. The molecule has 5 rings (SSSR count).